The fraction of sp³-hybridized carbons (Fsp3) is 0.346. The van der Waals surface area contributed by atoms with Gasteiger partial charge in [-0.05, 0) is 112 Å². The van der Waals surface area contributed by atoms with Crippen LogP contribution in [-0.2, 0) is 10.8 Å². The minimum atomic E-state index is -0.268. The molecular formula is C52H57N3O. The number of pyridine rings is 1. The average molecular weight is 740 g/mol. The lowest BCUT2D eigenvalue weighted by atomic mass is 9.73. The van der Waals surface area contributed by atoms with Gasteiger partial charge in [-0.25, -0.2) is 4.98 Å². The van der Waals surface area contributed by atoms with Crippen LogP contribution >= 0.6 is 0 Å². The van der Waals surface area contributed by atoms with Crippen molar-refractivity contribution in [3.63, 3.8) is 0 Å². The Morgan fingerprint density at radius 2 is 1.61 bits per heavy atom. The molecule has 0 fully saturated rings. The summed E-state index contributed by atoms with van der Waals surface area (Å²) in [5, 5.41) is 12.3. The molecule has 56 heavy (non-hydrogen) atoms. The summed E-state index contributed by atoms with van der Waals surface area (Å²) in [5.74, 6) is 2.57. The van der Waals surface area contributed by atoms with Crippen LogP contribution in [-0.4, -0.2) is 19.6 Å². The smallest absolute Gasteiger partial charge is 0.149 e. The van der Waals surface area contributed by atoms with E-state index in [0.29, 0.717) is 23.5 Å². The van der Waals surface area contributed by atoms with Gasteiger partial charge in [-0.15, -0.1) is 0 Å². The van der Waals surface area contributed by atoms with Crippen molar-refractivity contribution in [1.29, 1.82) is 0 Å². The molecule has 0 saturated carbocycles. The molecule has 0 radical (unpaired) electrons. The number of nitrogens with zero attached hydrogens (tertiary/aromatic N) is 3. The number of para-hydroxylation sites is 1. The Morgan fingerprint density at radius 1 is 0.821 bits per heavy atom. The molecule has 0 amide bonds. The summed E-state index contributed by atoms with van der Waals surface area (Å²) in [6, 6.07) is 25.9. The number of hydrogen-bond acceptors (Lipinski definition) is 3. The zero-order chi connectivity index (χ0) is 39.5. The predicted molar refractivity (Wildman–Crippen MR) is 236 cm³/mol. The number of fused-ring (bicyclic) bond motifs is 2. The van der Waals surface area contributed by atoms with Crippen molar-refractivity contribution >= 4 is 27.9 Å². The van der Waals surface area contributed by atoms with Gasteiger partial charge in [-0.2, -0.15) is 0 Å². The molecule has 5 aromatic rings. The molecule has 4 nitrogen and oxygen atoms in total. The molecule has 3 aliphatic rings. The Hall–Kier alpha value is -5.22. The van der Waals surface area contributed by atoms with Crippen molar-refractivity contribution in [3.05, 3.63) is 143 Å². The van der Waals surface area contributed by atoms with Crippen LogP contribution in [0.4, 0.5) is 0 Å². The van der Waals surface area contributed by atoms with Crippen molar-refractivity contribution < 1.29 is 5.11 Å². The maximum Gasteiger partial charge on any atom is 0.149 e. The SMILES string of the molecule is CC(C)C1C=C(c2ccc(-c3ccccc3)cn2)C=C(c2cccc3c2nc(-c2cc(C(C)(C)C)cc(C(C)(C)C)c2O)n3C2=C3C=CCCC3CC=C2)C1C. The highest BCUT2D eigenvalue weighted by atomic mass is 16.3. The second-order valence-electron chi connectivity index (χ2n) is 18.6. The summed E-state index contributed by atoms with van der Waals surface area (Å²) in [4.78, 5) is 10.7. The normalized spacial score (nSPS) is 20.1. The van der Waals surface area contributed by atoms with E-state index < -0.39 is 0 Å². The van der Waals surface area contributed by atoms with E-state index in [0.717, 1.165) is 75.3 Å². The first kappa shape index (κ1) is 37.7. The maximum atomic E-state index is 12.3. The zero-order valence-corrected chi connectivity index (χ0v) is 34.7. The molecule has 3 unspecified atom stereocenters. The van der Waals surface area contributed by atoms with Gasteiger partial charge in [-0.1, -0.05) is 141 Å². The van der Waals surface area contributed by atoms with E-state index in [1.807, 2.05) is 12.3 Å². The predicted octanol–water partition coefficient (Wildman–Crippen LogP) is 13.6. The van der Waals surface area contributed by atoms with E-state index in [1.54, 1.807) is 0 Å². The molecule has 0 spiro atoms. The van der Waals surface area contributed by atoms with Crippen LogP contribution in [0.2, 0.25) is 0 Å². The average Bonchev–Trinajstić information content (AvgIpc) is 3.57. The number of benzene rings is 3. The van der Waals surface area contributed by atoms with Gasteiger partial charge in [0.1, 0.15) is 11.6 Å². The third-order valence-electron chi connectivity index (χ3n) is 12.4. The number of rotatable bonds is 6. The highest BCUT2D eigenvalue weighted by Crippen LogP contribution is 2.48. The van der Waals surface area contributed by atoms with Crippen LogP contribution in [0, 0.1) is 23.7 Å². The third-order valence-corrected chi connectivity index (χ3v) is 12.4. The fourth-order valence-electron chi connectivity index (χ4n) is 9.07. The standard InChI is InChI=1S/C52H57N3O/c1-32(2)41-27-37(45-26-25-36(31-53-45)34-17-11-10-12-18-34)28-42(33(41)3)40-22-16-24-47-48(40)54-50(55(47)46-23-15-20-35-19-13-14-21-39(35)46)43-29-38(51(4,5)6)30-44(49(43)56)52(7,8)9/h10-12,14-18,21-33,35,41,56H,13,19-20H2,1-9H3. The van der Waals surface area contributed by atoms with Gasteiger partial charge in [0.2, 0.25) is 0 Å². The van der Waals surface area contributed by atoms with Crippen LogP contribution < -0.4 is 0 Å². The molecule has 286 valence electrons. The van der Waals surface area contributed by atoms with Gasteiger partial charge in [-0.3, -0.25) is 9.55 Å². The molecule has 8 rings (SSSR count). The van der Waals surface area contributed by atoms with Crippen molar-refractivity contribution in [2.75, 3.05) is 0 Å². The Bertz CT molecular complexity index is 2450. The number of phenols is 1. The van der Waals surface area contributed by atoms with E-state index in [1.165, 1.54) is 22.3 Å². The Morgan fingerprint density at radius 3 is 2.30 bits per heavy atom. The molecule has 3 aliphatic carbocycles. The summed E-state index contributed by atoms with van der Waals surface area (Å²) in [6.45, 7) is 20.3. The van der Waals surface area contributed by atoms with Crippen molar-refractivity contribution in [2.24, 2.45) is 23.7 Å². The van der Waals surface area contributed by atoms with Crippen LogP contribution in [0.1, 0.15) is 104 Å². The lowest BCUT2D eigenvalue weighted by molar-refractivity contribution is 0.391. The van der Waals surface area contributed by atoms with Crippen molar-refractivity contribution in [1.82, 2.24) is 14.5 Å². The fourth-order valence-corrected chi connectivity index (χ4v) is 9.07. The van der Waals surface area contributed by atoms with Gasteiger partial charge in [0.25, 0.3) is 0 Å². The number of imidazole rings is 1. The Kier molecular flexibility index (Phi) is 9.67. The lowest BCUT2D eigenvalue weighted by Gasteiger charge is -2.32. The Labute approximate surface area is 334 Å². The van der Waals surface area contributed by atoms with Crippen LogP contribution in [0.5, 0.6) is 5.75 Å². The van der Waals surface area contributed by atoms with E-state index in [2.05, 4.69) is 170 Å². The molecule has 4 heteroatoms. The van der Waals surface area contributed by atoms with Gasteiger partial charge in [0.05, 0.1) is 28.0 Å². The van der Waals surface area contributed by atoms with E-state index in [4.69, 9.17) is 9.97 Å². The zero-order valence-electron chi connectivity index (χ0n) is 34.7. The second-order valence-corrected chi connectivity index (χ2v) is 18.6. The highest BCUT2D eigenvalue weighted by molar-refractivity contribution is 5.99. The maximum absolute atomic E-state index is 12.3. The summed E-state index contributed by atoms with van der Waals surface area (Å²) in [7, 11) is 0. The van der Waals surface area contributed by atoms with Crippen LogP contribution in [0.15, 0.2) is 121 Å². The molecule has 0 saturated heterocycles. The minimum absolute atomic E-state index is 0.126. The van der Waals surface area contributed by atoms with Gasteiger partial charge in [0, 0.05) is 22.9 Å². The number of aromatic hydroxyl groups is 1. The molecule has 3 atom stereocenters. The van der Waals surface area contributed by atoms with E-state index in [9.17, 15) is 5.11 Å². The first-order valence-electron chi connectivity index (χ1n) is 20.6. The number of hydrogen-bond donors (Lipinski definition) is 1. The highest BCUT2D eigenvalue weighted by Gasteiger charge is 2.33. The largest absolute Gasteiger partial charge is 0.507 e. The topological polar surface area (TPSA) is 50.9 Å². The first-order valence-corrected chi connectivity index (χ1v) is 20.6. The number of allylic oxidation sites excluding steroid dienone is 10. The summed E-state index contributed by atoms with van der Waals surface area (Å²) in [5.41, 5.74) is 13.8. The van der Waals surface area contributed by atoms with E-state index in [-0.39, 0.29) is 16.7 Å². The molecule has 3 aromatic carbocycles. The molecule has 1 N–H and O–H groups in total. The summed E-state index contributed by atoms with van der Waals surface area (Å²) in [6.07, 6.45) is 19.4. The molecule has 2 heterocycles. The summed E-state index contributed by atoms with van der Waals surface area (Å²) >= 11 is 0. The van der Waals surface area contributed by atoms with E-state index >= 15 is 0 Å². The third kappa shape index (κ3) is 6.82. The van der Waals surface area contributed by atoms with Crippen molar-refractivity contribution in [3.8, 4) is 28.3 Å². The monoisotopic (exact) mass is 739 g/mol. The van der Waals surface area contributed by atoms with Gasteiger partial charge >= 0.3 is 0 Å². The van der Waals surface area contributed by atoms with Gasteiger partial charge in [0.15, 0.2) is 0 Å². The molecular weight excluding hydrogens is 683 g/mol. The second kappa shape index (κ2) is 14.4. The van der Waals surface area contributed by atoms with Crippen molar-refractivity contribution in [2.45, 2.75) is 92.4 Å². The first-order chi connectivity index (χ1) is 26.7. The summed E-state index contributed by atoms with van der Waals surface area (Å²) < 4.78 is 2.36. The van der Waals surface area contributed by atoms with Crippen LogP contribution in [0.3, 0.4) is 0 Å². The lowest BCUT2D eigenvalue weighted by Crippen LogP contribution is -2.20. The Balaban J connectivity index is 1.37. The van der Waals surface area contributed by atoms with Crippen LogP contribution in [0.25, 0.3) is 50.4 Å². The quantitative estimate of drug-likeness (QED) is 0.189. The minimum Gasteiger partial charge on any atom is -0.507 e. The number of aromatic nitrogens is 3. The molecule has 0 aliphatic heterocycles. The number of phenolic OH excluding ortho intramolecular Hbond substituents is 1. The van der Waals surface area contributed by atoms with Gasteiger partial charge < -0.3 is 5.11 Å². The molecule has 2 aromatic heterocycles. The molecule has 0 bridgehead atoms.